The lowest BCUT2D eigenvalue weighted by Gasteiger charge is -2.15. The molecular formula is C20H25N2O3S+. The van der Waals surface area contributed by atoms with Gasteiger partial charge in [0, 0.05) is 22.8 Å². The first-order valence-electron chi connectivity index (χ1n) is 8.80. The van der Waals surface area contributed by atoms with Crippen molar-refractivity contribution in [3.63, 3.8) is 0 Å². The van der Waals surface area contributed by atoms with Gasteiger partial charge in [0.15, 0.2) is 0 Å². The Bertz CT molecular complexity index is 905. The summed E-state index contributed by atoms with van der Waals surface area (Å²) in [6.07, 6.45) is 4.39. The van der Waals surface area contributed by atoms with Crippen LogP contribution in [0.1, 0.15) is 25.5 Å². The number of aromatic nitrogens is 1. The second kappa shape index (κ2) is 7.61. The zero-order valence-corrected chi connectivity index (χ0v) is 16.3. The number of nitrogens with zero attached hydrogens (tertiary/aromatic N) is 2. The minimum absolute atomic E-state index is 0.192. The SMILES string of the molecule is CCCCOc1cccc(-c2cc3scc(CC(=O)[N+](C)(C)O)n3c2)c1. The fraction of sp³-hybridized carbons (Fsp3) is 0.350. The van der Waals surface area contributed by atoms with Gasteiger partial charge in [0.1, 0.15) is 26.3 Å². The Morgan fingerprint density at radius 2 is 2.08 bits per heavy atom. The molecule has 0 aliphatic carbocycles. The lowest BCUT2D eigenvalue weighted by Crippen LogP contribution is -2.43. The van der Waals surface area contributed by atoms with Crippen LogP contribution in [0.15, 0.2) is 41.9 Å². The fourth-order valence-electron chi connectivity index (χ4n) is 2.68. The summed E-state index contributed by atoms with van der Waals surface area (Å²) < 4.78 is 7.16. The molecule has 0 aliphatic heterocycles. The smallest absolute Gasteiger partial charge is 0.351 e. The molecule has 0 atom stereocenters. The fourth-order valence-corrected chi connectivity index (χ4v) is 3.61. The molecule has 2 heterocycles. The normalized spacial score (nSPS) is 11.8. The molecule has 1 amide bonds. The molecule has 138 valence electrons. The number of hydrogen-bond donors (Lipinski definition) is 1. The molecule has 0 aliphatic rings. The number of amides is 1. The van der Waals surface area contributed by atoms with Gasteiger partial charge in [0.2, 0.25) is 0 Å². The first-order valence-corrected chi connectivity index (χ1v) is 9.68. The summed E-state index contributed by atoms with van der Waals surface area (Å²) in [6.45, 7) is 2.87. The van der Waals surface area contributed by atoms with Crippen LogP contribution in [0.3, 0.4) is 0 Å². The van der Waals surface area contributed by atoms with Crippen molar-refractivity contribution in [3.05, 3.63) is 47.6 Å². The minimum Gasteiger partial charge on any atom is -0.494 e. The average Bonchev–Trinajstić information content (AvgIpc) is 3.16. The van der Waals surface area contributed by atoms with Gasteiger partial charge in [0.05, 0.1) is 11.4 Å². The quantitative estimate of drug-likeness (QED) is 0.289. The van der Waals surface area contributed by atoms with Crippen molar-refractivity contribution in [1.82, 2.24) is 4.40 Å². The van der Waals surface area contributed by atoms with Crippen LogP contribution in [0.4, 0.5) is 0 Å². The highest BCUT2D eigenvalue weighted by Gasteiger charge is 2.25. The van der Waals surface area contributed by atoms with Crippen LogP contribution < -0.4 is 4.74 Å². The van der Waals surface area contributed by atoms with E-state index in [2.05, 4.69) is 19.1 Å². The molecule has 26 heavy (non-hydrogen) atoms. The third kappa shape index (κ3) is 4.15. The van der Waals surface area contributed by atoms with E-state index in [1.54, 1.807) is 11.3 Å². The second-order valence-electron chi connectivity index (χ2n) is 6.86. The van der Waals surface area contributed by atoms with E-state index in [9.17, 15) is 10.0 Å². The monoisotopic (exact) mass is 373 g/mol. The molecule has 0 unspecified atom stereocenters. The predicted molar refractivity (Wildman–Crippen MR) is 104 cm³/mol. The summed E-state index contributed by atoms with van der Waals surface area (Å²) in [5, 5.41) is 11.8. The molecule has 0 spiro atoms. The number of unbranched alkanes of at least 4 members (excludes halogenated alkanes) is 1. The Morgan fingerprint density at radius 1 is 1.27 bits per heavy atom. The van der Waals surface area contributed by atoms with Crippen molar-refractivity contribution in [2.45, 2.75) is 26.2 Å². The van der Waals surface area contributed by atoms with Gasteiger partial charge in [-0.2, -0.15) is 0 Å². The number of carbonyl (C=O) groups is 1. The van der Waals surface area contributed by atoms with Gasteiger partial charge in [-0.05, 0) is 30.2 Å². The molecule has 1 aromatic carbocycles. The molecule has 2 aromatic heterocycles. The van der Waals surface area contributed by atoms with Crippen LogP contribution in [-0.2, 0) is 11.2 Å². The van der Waals surface area contributed by atoms with Crippen molar-refractivity contribution < 1.29 is 19.4 Å². The Labute approximate surface area is 157 Å². The third-order valence-electron chi connectivity index (χ3n) is 4.29. The summed E-state index contributed by atoms with van der Waals surface area (Å²) in [6, 6.07) is 10.2. The highest BCUT2D eigenvalue weighted by atomic mass is 32.1. The maximum absolute atomic E-state index is 12.1. The Kier molecular flexibility index (Phi) is 5.46. The summed E-state index contributed by atoms with van der Waals surface area (Å²) in [5.41, 5.74) is 3.06. The van der Waals surface area contributed by atoms with E-state index in [1.807, 2.05) is 34.2 Å². The zero-order valence-electron chi connectivity index (χ0n) is 15.4. The molecule has 3 rings (SSSR count). The summed E-state index contributed by atoms with van der Waals surface area (Å²) in [4.78, 5) is 13.2. The van der Waals surface area contributed by atoms with Gasteiger partial charge in [0.25, 0.3) is 0 Å². The van der Waals surface area contributed by atoms with Crippen molar-refractivity contribution in [1.29, 1.82) is 0 Å². The van der Waals surface area contributed by atoms with Crippen LogP contribution in [0.2, 0.25) is 0 Å². The second-order valence-corrected chi connectivity index (χ2v) is 7.75. The molecule has 0 saturated carbocycles. The first-order chi connectivity index (χ1) is 12.4. The number of ether oxygens (including phenoxy) is 1. The van der Waals surface area contributed by atoms with Crippen molar-refractivity contribution in [3.8, 4) is 16.9 Å². The third-order valence-corrected chi connectivity index (χ3v) is 5.23. The number of hydroxylamine groups is 3. The number of thiazole rings is 1. The lowest BCUT2D eigenvalue weighted by molar-refractivity contribution is -1.01. The first kappa shape index (κ1) is 18.6. The van der Waals surface area contributed by atoms with Gasteiger partial charge < -0.3 is 9.14 Å². The van der Waals surface area contributed by atoms with Gasteiger partial charge in [-0.3, -0.25) is 0 Å². The van der Waals surface area contributed by atoms with Crippen LogP contribution in [0.5, 0.6) is 5.75 Å². The van der Waals surface area contributed by atoms with Crippen molar-refractivity contribution >= 4 is 22.1 Å². The van der Waals surface area contributed by atoms with Crippen LogP contribution in [0.25, 0.3) is 16.0 Å². The van der Waals surface area contributed by atoms with Gasteiger partial charge in [-0.1, -0.05) is 25.5 Å². The minimum atomic E-state index is -0.664. The molecule has 0 fully saturated rings. The summed E-state index contributed by atoms with van der Waals surface area (Å²) in [5.74, 6) is 0.631. The molecule has 5 nitrogen and oxygen atoms in total. The Hall–Kier alpha value is -2.15. The number of fused-ring (bicyclic) bond motifs is 1. The van der Waals surface area contributed by atoms with Gasteiger partial charge >= 0.3 is 5.91 Å². The molecule has 0 radical (unpaired) electrons. The summed E-state index contributed by atoms with van der Waals surface area (Å²) in [7, 11) is 2.94. The highest BCUT2D eigenvalue weighted by molar-refractivity contribution is 7.15. The lowest BCUT2D eigenvalue weighted by atomic mass is 10.1. The molecular weight excluding hydrogens is 348 g/mol. The van der Waals surface area contributed by atoms with E-state index in [1.165, 1.54) is 14.1 Å². The zero-order chi connectivity index (χ0) is 18.7. The molecule has 6 heteroatoms. The van der Waals surface area contributed by atoms with E-state index in [-0.39, 0.29) is 12.3 Å². The standard InChI is InChI=1S/C20H25N2O3S/c1-4-5-9-25-18-8-6-7-15(10-18)16-11-19-21(13-16)17(14-26-19)12-20(23)22(2,3)24/h6-8,10-11,13-14,24H,4-5,9,12H2,1-3H3/q+1. The number of hydrogen-bond acceptors (Lipinski definition) is 4. The molecule has 0 saturated heterocycles. The predicted octanol–water partition coefficient (Wildman–Crippen LogP) is 4.38. The Balaban J connectivity index is 1.84. The van der Waals surface area contributed by atoms with E-state index in [0.29, 0.717) is 0 Å². The van der Waals surface area contributed by atoms with Crippen LogP contribution >= 0.6 is 11.3 Å². The maximum Gasteiger partial charge on any atom is 0.351 e. The average molecular weight is 373 g/mol. The van der Waals surface area contributed by atoms with Crippen LogP contribution in [0, 0.1) is 0 Å². The van der Waals surface area contributed by atoms with Crippen molar-refractivity contribution in [2.24, 2.45) is 0 Å². The highest BCUT2D eigenvalue weighted by Crippen LogP contribution is 2.29. The number of benzene rings is 1. The number of rotatable bonds is 7. The Morgan fingerprint density at radius 3 is 2.81 bits per heavy atom. The number of likely N-dealkylation sites (N-methyl/N-ethyl adjacent to an activating group) is 1. The summed E-state index contributed by atoms with van der Waals surface area (Å²) >= 11 is 1.59. The maximum atomic E-state index is 12.1. The number of quaternary nitrogens is 1. The van der Waals surface area contributed by atoms with Gasteiger partial charge in [-0.15, -0.1) is 16.0 Å². The topological polar surface area (TPSA) is 50.9 Å². The van der Waals surface area contributed by atoms with E-state index >= 15 is 0 Å². The molecule has 0 bridgehead atoms. The van der Waals surface area contributed by atoms with Crippen molar-refractivity contribution in [2.75, 3.05) is 20.7 Å². The van der Waals surface area contributed by atoms with Crippen LogP contribution in [-0.4, -0.2) is 40.9 Å². The van der Waals surface area contributed by atoms with E-state index in [4.69, 9.17) is 4.74 Å². The van der Waals surface area contributed by atoms with Gasteiger partial charge in [-0.25, -0.2) is 10.0 Å². The number of carbonyl (C=O) groups excluding carboxylic acids is 1. The largest absolute Gasteiger partial charge is 0.494 e. The molecule has 1 N–H and O–H groups in total. The van der Waals surface area contributed by atoms with E-state index in [0.717, 1.165) is 46.8 Å². The van der Waals surface area contributed by atoms with E-state index < -0.39 is 4.65 Å². The molecule has 3 aromatic rings.